The molecule has 0 aromatic heterocycles. The Labute approximate surface area is 185 Å². The first-order valence-corrected chi connectivity index (χ1v) is 10.9. The fraction of sp³-hybridized carbons (Fsp3) is 0.609. The molecule has 8 heteroatoms. The van der Waals surface area contributed by atoms with Crippen molar-refractivity contribution in [2.24, 2.45) is 0 Å². The van der Waals surface area contributed by atoms with Crippen molar-refractivity contribution < 1.29 is 24.2 Å². The summed E-state index contributed by atoms with van der Waals surface area (Å²) < 4.78 is 5.24. The first kappa shape index (κ1) is 26.3. The second-order valence-electron chi connectivity index (χ2n) is 8.54. The highest BCUT2D eigenvalue weighted by molar-refractivity contribution is 5.92. The van der Waals surface area contributed by atoms with Crippen LogP contribution in [0.3, 0.4) is 0 Å². The third-order valence-corrected chi connectivity index (χ3v) is 4.43. The van der Waals surface area contributed by atoms with Gasteiger partial charge in [0.05, 0.1) is 0 Å². The highest BCUT2D eigenvalue weighted by atomic mass is 16.6. The number of hydrogen-bond acceptors (Lipinski definition) is 5. The lowest BCUT2D eigenvalue weighted by molar-refractivity contribution is -0.142. The van der Waals surface area contributed by atoms with E-state index in [1.54, 1.807) is 39.8 Å². The summed E-state index contributed by atoms with van der Waals surface area (Å²) in [5, 5.41) is 15.4. The second-order valence-corrected chi connectivity index (χ2v) is 8.54. The minimum Gasteiger partial charge on any atom is -0.508 e. The normalized spacial score (nSPS) is 13.1. The zero-order valence-electron chi connectivity index (χ0n) is 19.5. The lowest BCUT2D eigenvalue weighted by atomic mass is 10.0. The van der Waals surface area contributed by atoms with Crippen LogP contribution < -0.4 is 10.6 Å². The Hall–Kier alpha value is -2.77. The van der Waals surface area contributed by atoms with Crippen LogP contribution in [0.4, 0.5) is 4.79 Å². The fourth-order valence-corrected chi connectivity index (χ4v) is 3.06. The molecule has 0 aliphatic carbocycles. The van der Waals surface area contributed by atoms with Crippen LogP contribution >= 0.6 is 0 Å². The van der Waals surface area contributed by atoms with Crippen LogP contribution in [0.15, 0.2) is 24.3 Å². The minimum absolute atomic E-state index is 0.00711. The molecule has 1 rings (SSSR count). The summed E-state index contributed by atoms with van der Waals surface area (Å²) in [7, 11) is 0. The van der Waals surface area contributed by atoms with E-state index in [4.69, 9.17) is 4.74 Å². The number of rotatable bonds is 10. The summed E-state index contributed by atoms with van der Waals surface area (Å²) in [5.41, 5.74) is -0.195. The quantitative estimate of drug-likeness (QED) is 0.488. The van der Waals surface area contributed by atoms with Crippen molar-refractivity contribution in [2.75, 3.05) is 13.1 Å². The van der Waals surface area contributed by atoms with E-state index in [0.29, 0.717) is 25.1 Å². The SMILES string of the molecule is CCCCNC(=O)C(c1cccc(O)c1)N(CCC)C(=O)C(C)NC(=O)OC(C)(C)C. The Bertz CT molecular complexity index is 745. The summed E-state index contributed by atoms with van der Waals surface area (Å²) >= 11 is 0. The number of hydrogen-bond donors (Lipinski definition) is 3. The number of phenolic OH excluding ortho intramolecular Hbond substituents is 1. The van der Waals surface area contributed by atoms with E-state index < -0.39 is 29.7 Å². The average molecular weight is 436 g/mol. The molecule has 0 spiro atoms. The number of alkyl carbamates (subject to hydrolysis) is 1. The second kappa shape index (κ2) is 12.2. The molecule has 31 heavy (non-hydrogen) atoms. The molecule has 0 bridgehead atoms. The maximum Gasteiger partial charge on any atom is 0.408 e. The van der Waals surface area contributed by atoms with Crippen LogP contribution in [0.25, 0.3) is 0 Å². The number of benzene rings is 1. The molecule has 174 valence electrons. The smallest absolute Gasteiger partial charge is 0.408 e. The molecule has 2 unspecified atom stereocenters. The molecule has 0 saturated carbocycles. The van der Waals surface area contributed by atoms with Crippen molar-refractivity contribution in [3.63, 3.8) is 0 Å². The number of carbonyl (C=O) groups excluding carboxylic acids is 3. The van der Waals surface area contributed by atoms with Gasteiger partial charge in [0.15, 0.2) is 0 Å². The predicted octanol–water partition coefficient (Wildman–Crippen LogP) is 3.50. The van der Waals surface area contributed by atoms with E-state index in [1.807, 2.05) is 13.8 Å². The molecular formula is C23H37N3O5. The molecule has 1 aromatic rings. The van der Waals surface area contributed by atoms with Crippen LogP contribution in [0, 0.1) is 0 Å². The van der Waals surface area contributed by atoms with Gasteiger partial charge in [0.1, 0.15) is 23.4 Å². The van der Waals surface area contributed by atoms with Gasteiger partial charge >= 0.3 is 6.09 Å². The van der Waals surface area contributed by atoms with Gasteiger partial charge in [-0.1, -0.05) is 32.4 Å². The lowest BCUT2D eigenvalue weighted by Gasteiger charge is -2.33. The molecule has 3 N–H and O–H groups in total. The zero-order chi connectivity index (χ0) is 23.6. The monoisotopic (exact) mass is 435 g/mol. The van der Waals surface area contributed by atoms with Crippen molar-refractivity contribution in [1.29, 1.82) is 0 Å². The Morgan fingerprint density at radius 1 is 1.16 bits per heavy atom. The third-order valence-electron chi connectivity index (χ3n) is 4.43. The summed E-state index contributed by atoms with van der Waals surface area (Å²) in [5.74, 6) is -0.732. The van der Waals surface area contributed by atoms with Gasteiger partial charge in [0.2, 0.25) is 11.8 Å². The molecule has 0 heterocycles. The molecule has 2 atom stereocenters. The molecule has 0 aliphatic heterocycles. The van der Waals surface area contributed by atoms with Gasteiger partial charge in [-0.15, -0.1) is 0 Å². The number of ether oxygens (including phenoxy) is 1. The number of amides is 3. The van der Waals surface area contributed by atoms with Gasteiger partial charge in [-0.2, -0.15) is 0 Å². The number of nitrogens with zero attached hydrogens (tertiary/aromatic N) is 1. The van der Waals surface area contributed by atoms with Gasteiger partial charge in [0.25, 0.3) is 0 Å². The highest BCUT2D eigenvalue weighted by Crippen LogP contribution is 2.25. The Morgan fingerprint density at radius 2 is 1.84 bits per heavy atom. The molecule has 0 aliphatic rings. The summed E-state index contributed by atoms with van der Waals surface area (Å²) in [6.07, 6.45) is 1.65. The van der Waals surface area contributed by atoms with E-state index >= 15 is 0 Å². The van der Waals surface area contributed by atoms with Gasteiger partial charge in [0, 0.05) is 13.1 Å². The van der Waals surface area contributed by atoms with E-state index in [-0.39, 0.29) is 11.7 Å². The van der Waals surface area contributed by atoms with Crippen LogP contribution in [0.5, 0.6) is 5.75 Å². The van der Waals surface area contributed by atoms with Crippen LogP contribution in [0.1, 0.15) is 72.4 Å². The average Bonchev–Trinajstić information content (AvgIpc) is 2.65. The van der Waals surface area contributed by atoms with Crippen LogP contribution in [-0.2, 0) is 14.3 Å². The molecule has 0 saturated heterocycles. The Balaban J connectivity index is 3.17. The van der Waals surface area contributed by atoms with Gasteiger partial charge < -0.3 is 25.4 Å². The van der Waals surface area contributed by atoms with Crippen LogP contribution in [0.2, 0.25) is 0 Å². The Kier molecular flexibility index (Phi) is 10.3. The molecular weight excluding hydrogens is 398 g/mol. The standard InChI is InChI=1S/C23H37N3O5/c1-7-9-13-24-20(28)19(17-11-10-12-18(27)15-17)26(14-8-2)21(29)16(3)25-22(30)31-23(4,5)6/h10-12,15-16,19,27H,7-9,13-14H2,1-6H3,(H,24,28)(H,25,30). The molecule has 3 amide bonds. The van der Waals surface area contributed by atoms with E-state index in [2.05, 4.69) is 10.6 Å². The third kappa shape index (κ3) is 8.86. The van der Waals surface area contributed by atoms with Crippen molar-refractivity contribution in [3.05, 3.63) is 29.8 Å². The Morgan fingerprint density at radius 3 is 2.39 bits per heavy atom. The minimum atomic E-state index is -0.931. The number of nitrogens with one attached hydrogen (secondary N) is 2. The van der Waals surface area contributed by atoms with E-state index in [9.17, 15) is 19.5 Å². The van der Waals surface area contributed by atoms with Crippen molar-refractivity contribution in [2.45, 2.75) is 78.5 Å². The molecule has 0 fully saturated rings. The summed E-state index contributed by atoms with van der Waals surface area (Å²) in [6.45, 7) is 11.5. The van der Waals surface area contributed by atoms with Crippen molar-refractivity contribution in [1.82, 2.24) is 15.5 Å². The maximum absolute atomic E-state index is 13.3. The predicted molar refractivity (Wildman–Crippen MR) is 120 cm³/mol. The van der Waals surface area contributed by atoms with Gasteiger partial charge in [-0.3, -0.25) is 9.59 Å². The van der Waals surface area contributed by atoms with E-state index in [1.165, 1.54) is 17.0 Å². The fourth-order valence-electron chi connectivity index (χ4n) is 3.06. The van der Waals surface area contributed by atoms with Crippen molar-refractivity contribution >= 4 is 17.9 Å². The first-order chi connectivity index (χ1) is 14.5. The molecule has 1 aromatic carbocycles. The number of aromatic hydroxyl groups is 1. The number of carbonyl (C=O) groups is 3. The summed E-state index contributed by atoms with van der Waals surface area (Å²) in [6, 6.07) is 4.49. The highest BCUT2D eigenvalue weighted by Gasteiger charge is 2.34. The zero-order valence-corrected chi connectivity index (χ0v) is 19.5. The molecule has 8 nitrogen and oxygen atoms in total. The van der Waals surface area contributed by atoms with E-state index in [0.717, 1.165) is 12.8 Å². The largest absolute Gasteiger partial charge is 0.508 e. The van der Waals surface area contributed by atoms with Gasteiger partial charge in [-0.05, 0) is 58.2 Å². The van der Waals surface area contributed by atoms with Gasteiger partial charge in [-0.25, -0.2) is 4.79 Å². The number of unbranched alkanes of at least 4 members (excludes halogenated alkanes) is 1. The topological polar surface area (TPSA) is 108 Å². The van der Waals surface area contributed by atoms with Crippen LogP contribution in [-0.4, -0.2) is 52.6 Å². The lowest BCUT2D eigenvalue weighted by Crippen LogP contribution is -2.52. The number of phenols is 1. The molecule has 0 radical (unpaired) electrons. The van der Waals surface area contributed by atoms with Crippen molar-refractivity contribution in [3.8, 4) is 5.75 Å². The first-order valence-electron chi connectivity index (χ1n) is 10.9. The maximum atomic E-state index is 13.3. The summed E-state index contributed by atoms with van der Waals surface area (Å²) in [4.78, 5) is 39.9.